The van der Waals surface area contributed by atoms with Crippen molar-refractivity contribution in [2.75, 3.05) is 0 Å². The highest BCUT2D eigenvalue weighted by Crippen LogP contribution is 2.29. The summed E-state index contributed by atoms with van der Waals surface area (Å²) in [6, 6.07) is 7.02. The number of aryl methyl sites for hydroxylation is 1. The van der Waals surface area contributed by atoms with Crippen LogP contribution in [-0.2, 0) is 13.0 Å². The number of nitrogens with one attached hydrogen (secondary N) is 1. The molecular formula is C13H16N2OS. The van der Waals surface area contributed by atoms with Crippen molar-refractivity contribution in [2.45, 2.75) is 38.8 Å². The summed E-state index contributed by atoms with van der Waals surface area (Å²) in [5, 5.41) is 7.53. The van der Waals surface area contributed by atoms with E-state index in [1.54, 1.807) is 11.3 Å². The summed E-state index contributed by atoms with van der Waals surface area (Å²) in [4.78, 5) is 2.56. The molecule has 2 aromatic rings. The van der Waals surface area contributed by atoms with E-state index in [1.165, 1.54) is 22.6 Å². The van der Waals surface area contributed by atoms with E-state index in [0.717, 1.165) is 24.4 Å². The zero-order valence-corrected chi connectivity index (χ0v) is 10.7. The lowest BCUT2D eigenvalue weighted by Gasteiger charge is -1.95. The van der Waals surface area contributed by atoms with Crippen LogP contribution in [0, 0.1) is 0 Å². The van der Waals surface area contributed by atoms with Gasteiger partial charge in [-0.3, -0.25) is 0 Å². The third kappa shape index (κ3) is 2.58. The van der Waals surface area contributed by atoms with Crippen molar-refractivity contribution in [1.29, 1.82) is 0 Å². The Morgan fingerprint density at radius 2 is 2.35 bits per heavy atom. The van der Waals surface area contributed by atoms with Crippen LogP contribution >= 0.6 is 11.3 Å². The summed E-state index contributed by atoms with van der Waals surface area (Å²) in [5.74, 6) is 0.891. The second-order valence-corrected chi connectivity index (χ2v) is 5.63. The molecule has 1 fully saturated rings. The molecule has 0 radical (unpaired) electrons. The van der Waals surface area contributed by atoms with Crippen molar-refractivity contribution in [1.82, 2.24) is 10.5 Å². The highest BCUT2D eigenvalue weighted by molar-refractivity contribution is 7.15. The van der Waals surface area contributed by atoms with Gasteiger partial charge in [-0.05, 0) is 31.4 Å². The van der Waals surface area contributed by atoms with E-state index in [9.17, 15) is 0 Å². The van der Waals surface area contributed by atoms with Crippen molar-refractivity contribution in [3.8, 4) is 10.6 Å². The molecule has 2 heterocycles. The number of nitrogens with zero attached hydrogens (tertiary/aromatic N) is 1. The standard InChI is InChI=1S/C13H16N2OS/c1-2-11-5-6-13(17-11)12-7-10(15-16-12)8-14-9-3-4-9/h5-7,9,14H,2-4,8H2,1H3. The van der Waals surface area contributed by atoms with E-state index in [4.69, 9.17) is 4.52 Å². The molecule has 1 N–H and O–H groups in total. The van der Waals surface area contributed by atoms with Crippen molar-refractivity contribution < 1.29 is 4.52 Å². The highest BCUT2D eigenvalue weighted by atomic mass is 32.1. The molecule has 1 aliphatic rings. The van der Waals surface area contributed by atoms with Gasteiger partial charge in [0.05, 0.1) is 10.6 Å². The topological polar surface area (TPSA) is 38.1 Å². The Morgan fingerprint density at radius 1 is 1.47 bits per heavy atom. The first-order valence-corrected chi connectivity index (χ1v) is 6.95. The molecule has 0 atom stereocenters. The van der Waals surface area contributed by atoms with Crippen molar-refractivity contribution in [3.05, 3.63) is 28.8 Å². The molecule has 90 valence electrons. The molecule has 0 amide bonds. The Hall–Kier alpha value is -1.13. The minimum Gasteiger partial charge on any atom is -0.355 e. The molecule has 0 saturated heterocycles. The quantitative estimate of drug-likeness (QED) is 0.883. The molecule has 17 heavy (non-hydrogen) atoms. The van der Waals surface area contributed by atoms with E-state index in [2.05, 4.69) is 29.5 Å². The summed E-state index contributed by atoms with van der Waals surface area (Å²) in [6.07, 6.45) is 3.68. The normalized spacial score (nSPS) is 15.4. The minimum atomic E-state index is 0.712. The van der Waals surface area contributed by atoms with Gasteiger partial charge in [0.25, 0.3) is 0 Å². The lowest BCUT2D eigenvalue weighted by atomic mass is 10.3. The lowest BCUT2D eigenvalue weighted by Crippen LogP contribution is -2.15. The highest BCUT2D eigenvalue weighted by Gasteiger charge is 2.20. The van der Waals surface area contributed by atoms with Gasteiger partial charge >= 0.3 is 0 Å². The molecule has 0 aromatic carbocycles. The maximum Gasteiger partial charge on any atom is 0.177 e. The van der Waals surface area contributed by atoms with Gasteiger partial charge in [-0.1, -0.05) is 12.1 Å². The van der Waals surface area contributed by atoms with Crippen LogP contribution in [0.25, 0.3) is 10.6 Å². The Bertz CT molecular complexity index is 499. The number of rotatable bonds is 5. The van der Waals surface area contributed by atoms with Crippen LogP contribution in [0.15, 0.2) is 22.7 Å². The molecule has 0 spiro atoms. The van der Waals surface area contributed by atoms with Gasteiger partial charge in [-0.2, -0.15) is 0 Å². The Morgan fingerprint density at radius 3 is 3.06 bits per heavy atom. The SMILES string of the molecule is CCc1ccc(-c2cc(CNC3CC3)no2)s1. The molecule has 1 aliphatic carbocycles. The fraction of sp³-hybridized carbons (Fsp3) is 0.462. The number of thiophene rings is 1. The Balaban J connectivity index is 1.69. The first-order chi connectivity index (χ1) is 8.35. The maximum atomic E-state index is 5.38. The molecule has 0 aliphatic heterocycles. The maximum absolute atomic E-state index is 5.38. The summed E-state index contributed by atoms with van der Waals surface area (Å²) in [7, 11) is 0. The summed E-state index contributed by atoms with van der Waals surface area (Å²) < 4.78 is 5.38. The fourth-order valence-corrected chi connectivity index (χ4v) is 2.64. The predicted molar refractivity (Wildman–Crippen MR) is 69.1 cm³/mol. The average Bonchev–Trinajstić information content (AvgIpc) is 2.89. The van der Waals surface area contributed by atoms with Gasteiger partial charge in [0.2, 0.25) is 0 Å². The van der Waals surface area contributed by atoms with Gasteiger partial charge in [-0.15, -0.1) is 11.3 Å². The summed E-state index contributed by atoms with van der Waals surface area (Å²) in [6.45, 7) is 2.99. The predicted octanol–water partition coefficient (Wildman–Crippen LogP) is 3.22. The zero-order chi connectivity index (χ0) is 11.7. The summed E-state index contributed by atoms with van der Waals surface area (Å²) >= 11 is 1.78. The molecule has 3 rings (SSSR count). The molecular weight excluding hydrogens is 232 g/mol. The van der Waals surface area contributed by atoms with Crippen molar-refractivity contribution in [2.24, 2.45) is 0 Å². The lowest BCUT2D eigenvalue weighted by molar-refractivity contribution is 0.420. The van der Waals surface area contributed by atoms with E-state index in [-0.39, 0.29) is 0 Å². The number of hydrogen-bond acceptors (Lipinski definition) is 4. The number of hydrogen-bond donors (Lipinski definition) is 1. The van der Waals surface area contributed by atoms with E-state index >= 15 is 0 Å². The Labute approximate surface area is 105 Å². The van der Waals surface area contributed by atoms with Gasteiger partial charge in [-0.25, -0.2) is 0 Å². The molecule has 1 saturated carbocycles. The van der Waals surface area contributed by atoms with E-state index < -0.39 is 0 Å². The van der Waals surface area contributed by atoms with Crippen LogP contribution in [0.5, 0.6) is 0 Å². The second-order valence-electron chi connectivity index (χ2n) is 4.46. The van der Waals surface area contributed by atoms with Crippen LogP contribution < -0.4 is 5.32 Å². The third-order valence-electron chi connectivity index (χ3n) is 2.96. The van der Waals surface area contributed by atoms with Gasteiger partial charge in [0.15, 0.2) is 5.76 Å². The van der Waals surface area contributed by atoms with Crippen LogP contribution in [0.2, 0.25) is 0 Å². The fourth-order valence-electron chi connectivity index (χ4n) is 1.75. The monoisotopic (exact) mass is 248 g/mol. The van der Waals surface area contributed by atoms with Gasteiger partial charge < -0.3 is 9.84 Å². The first-order valence-electron chi connectivity index (χ1n) is 6.13. The summed E-state index contributed by atoms with van der Waals surface area (Å²) in [5.41, 5.74) is 0.998. The molecule has 0 unspecified atom stereocenters. The largest absolute Gasteiger partial charge is 0.355 e. The average molecular weight is 248 g/mol. The van der Waals surface area contributed by atoms with Crippen molar-refractivity contribution >= 4 is 11.3 Å². The van der Waals surface area contributed by atoms with Crippen molar-refractivity contribution in [3.63, 3.8) is 0 Å². The van der Waals surface area contributed by atoms with Crippen LogP contribution in [0.3, 0.4) is 0 Å². The van der Waals surface area contributed by atoms with Gasteiger partial charge in [0.1, 0.15) is 0 Å². The van der Waals surface area contributed by atoms with Gasteiger partial charge in [0, 0.05) is 23.5 Å². The van der Waals surface area contributed by atoms with Crippen LogP contribution in [0.1, 0.15) is 30.3 Å². The molecule has 2 aromatic heterocycles. The minimum absolute atomic E-state index is 0.712. The van der Waals surface area contributed by atoms with Crippen LogP contribution in [0.4, 0.5) is 0 Å². The molecule has 3 nitrogen and oxygen atoms in total. The van der Waals surface area contributed by atoms with E-state index in [1.807, 2.05) is 6.07 Å². The molecule has 0 bridgehead atoms. The smallest absolute Gasteiger partial charge is 0.177 e. The first kappa shape index (κ1) is 11.0. The molecule has 4 heteroatoms. The number of aromatic nitrogens is 1. The van der Waals surface area contributed by atoms with E-state index in [0.29, 0.717) is 6.04 Å². The Kier molecular flexibility index (Phi) is 2.99. The second kappa shape index (κ2) is 4.63. The van der Waals surface area contributed by atoms with Crippen LogP contribution in [-0.4, -0.2) is 11.2 Å². The third-order valence-corrected chi connectivity index (χ3v) is 4.21. The zero-order valence-electron chi connectivity index (χ0n) is 9.90.